The van der Waals surface area contributed by atoms with E-state index in [1.165, 1.54) is 0 Å². The highest BCUT2D eigenvalue weighted by molar-refractivity contribution is 5.85. The Kier molecular flexibility index (Phi) is 3.73. The van der Waals surface area contributed by atoms with Crippen molar-refractivity contribution in [3.8, 4) is 0 Å². The average Bonchev–Trinajstić information content (AvgIpc) is 2.64. The lowest BCUT2D eigenvalue weighted by atomic mass is 9.96. The highest BCUT2D eigenvalue weighted by atomic mass is 16.5. The van der Waals surface area contributed by atoms with E-state index in [2.05, 4.69) is 5.32 Å². The lowest BCUT2D eigenvalue weighted by molar-refractivity contribution is -0.141. The van der Waals surface area contributed by atoms with Gasteiger partial charge in [0.15, 0.2) is 0 Å². The standard InChI is InChI=1S/C13H23NO3/c1-9-7-11(8-10(2)17-9)14-12(15)13(16)5-3-4-6-13/h9-11,16H,3-8H2,1-2H3,(H,14,15). The van der Waals surface area contributed by atoms with Gasteiger partial charge >= 0.3 is 0 Å². The summed E-state index contributed by atoms with van der Waals surface area (Å²) in [5.74, 6) is -0.179. The van der Waals surface area contributed by atoms with Crippen LogP contribution in [0.3, 0.4) is 0 Å². The van der Waals surface area contributed by atoms with Gasteiger partial charge < -0.3 is 15.2 Å². The van der Waals surface area contributed by atoms with E-state index in [0.717, 1.165) is 25.7 Å². The van der Waals surface area contributed by atoms with Crippen LogP contribution in [0.25, 0.3) is 0 Å². The van der Waals surface area contributed by atoms with Crippen molar-refractivity contribution >= 4 is 5.91 Å². The number of nitrogens with one attached hydrogen (secondary N) is 1. The van der Waals surface area contributed by atoms with Crippen LogP contribution in [-0.2, 0) is 9.53 Å². The number of hydrogen-bond acceptors (Lipinski definition) is 3. The molecule has 0 aromatic rings. The van der Waals surface area contributed by atoms with Crippen LogP contribution in [0.4, 0.5) is 0 Å². The molecule has 4 heteroatoms. The van der Waals surface area contributed by atoms with Crippen LogP contribution in [0.5, 0.6) is 0 Å². The SMILES string of the molecule is CC1CC(NC(=O)C2(O)CCCC2)CC(C)O1. The van der Waals surface area contributed by atoms with E-state index in [1.807, 2.05) is 13.8 Å². The maximum Gasteiger partial charge on any atom is 0.252 e. The minimum absolute atomic E-state index is 0.144. The van der Waals surface area contributed by atoms with Crippen molar-refractivity contribution in [1.29, 1.82) is 0 Å². The van der Waals surface area contributed by atoms with Gasteiger partial charge in [-0.1, -0.05) is 0 Å². The molecule has 1 saturated carbocycles. The molecule has 0 aromatic heterocycles. The summed E-state index contributed by atoms with van der Waals surface area (Å²) in [6.45, 7) is 4.05. The number of rotatable bonds is 2. The summed E-state index contributed by atoms with van der Waals surface area (Å²) in [5, 5.41) is 13.2. The molecule has 2 fully saturated rings. The van der Waals surface area contributed by atoms with Crippen LogP contribution in [-0.4, -0.2) is 34.9 Å². The maximum atomic E-state index is 12.0. The number of hydrogen-bond donors (Lipinski definition) is 2. The first kappa shape index (κ1) is 12.8. The first-order chi connectivity index (χ1) is 7.99. The van der Waals surface area contributed by atoms with Gasteiger partial charge in [0.1, 0.15) is 5.60 Å². The molecule has 98 valence electrons. The molecule has 0 radical (unpaired) electrons. The highest BCUT2D eigenvalue weighted by Gasteiger charge is 2.40. The minimum atomic E-state index is -1.11. The van der Waals surface area contributed by atoms with Crippen LogP contribution in [0.15, 0.2) is 0 Å². The van der Waals surface area contributed by atoms with Crippen molar-refractivity contribution in [3.63, 3.8) is 0 Å². The molecular formula is C13H23NO3. The van der Waals surface area contributed by atoms with E-state index < -0.39 is 5.60 Å². The Labute approximate surface area is 103 Å². The zero-order valence-electron chi connectivity index (χ0n) is 10.7. The third-order valence-corrected chi connectivity index (χ3v) is 3.89. The summed E-state index contributed by atoms with van der Waals surface area (Å²) in [4.78, 5) is 12.0. The van der Waals surface area contributed by atoms with E-state index in [4.69, 9.17) is 4.74 Å². The van der Waals surface area contributed by atoms with Gasteiger partial charge in [-0.25, -0.2) is 0 Å². The number of carbonyl (C=O) groups excluding carboxylic acids is 1. The Morgan fingerprint density at radius 3 is 2.29 bits per heavy atom. The van der Waals surface area contributed by atoms with Gasteiger partial charge in [-0.15, -0.1) is 0 Å². The Bertz CT molecular complexity index is 276. The summed E-state index contributed by atoms with van der Waals surface area (Å²) in [6, 6.07) is 0.144. The molecule has 2 rings (SSSR count). The quantitative estimate of drug-likeness (QED) is 0.767. The zero-order chi connectivity index (χ0) is 12.5. The molecule has 17 heavy (non-hydrogen) atoms. The zero-order valence-corrected chi connectivity index (χ0v) is 10.7. The third-order valence-electron chi connectivity index (χ3n) is 3.89. The number of amides is 1. The fourth-order valence-electron chi connectivity index (χ4n) is 3.03. The smallest absolute Gasteiger partial charge is 0.252 e. The van der Waals surface area contributed by atoms with E-state index >= 15 is 0 Å². The van der Waals surface area contributed by atoms with Crippen LogP contribution in [0.2, 0.25) is 0 Å². The van der Waals surface area contributed by atoms with Gasteiger partial charge in [-0.05, 0) is 52.4 Å². The lowest BCUT2D eigenvalue weighted by Crippen LogP contribution is -2.51. The molecule has 1 amide bonds. The van der Waals surface area contributed by atoms with Crippen molar-refractivity contribution in [2.24, 2.45) is 0 Å². The molecule has 2 N–H and O–H groups in total. The average molecular weight is 241 g/mol. The number of ether oxygens (including phenoxy) is 1. The molecule has 0 aromatic carbocycles. The maximum absolute atomic E-state index is 12.0. The van der Waals surface area contributed by atoms with Crippen molar-refractivity contribution in [2.45, 2.75) is 76.2 Å². The molecule has 2 atom stereocenters. The van der Waals surface area contributed by atoms with Gasteiger partial charge in [-0.3, -0.25) is 4.79 Å². The van der Waals surface area contributed by atoms with Gasteiger partial charge in [-0.2, -0.15) is 0 Å². The first-order valence-electron chi connectivity index (χ1n) is 6.68. The molecule has 1 saturated heterocycles. The molecular weight excluding hydrogens is 218 g/mol. The summed E-state index contributed by atoms with van der Waals surface area (Å²) >= 11 is 0. The first-order valence-corrected chi connectivity index (χ1v) is 6.68. The summed E-state index contributed by atoms with van der Waals surface area (Å²) in [7, 11) is 0. The van der Waals surface area contributed by atoms with E-state index in [1.54, 1.807) is 0 Å². The van der Waals surface area contributed by atoms with Crippen LogP contribution < -0.4 is 5.32 Å². The van der Waals surface area contributed by atoms with E-state index in [0.29, 0.717) is 12.8 Å². The van der Waals surface area contributed by atoms with Gasteiger partial charge in [0.25, 0.3) is 5.91 Å². The van der Waals surface area contributed by atoms with Crippen molar-refractivity contribution in [1.82, 2.24) is 5.32 Å². The lowest BCUT2D eigenvalue weighted by Gasteiger charge is -2.34. The molecule has 2 unspecified atom stereocenters. The molecule has 2 aliphatic rings. The second kappa shape index (κ2) is 4.94. The van der Waals surface area contributed by atoms with Gasteiger partial charge in [0.2, 0.25) is 0 Å². The van der Waals surface area contributed by atoms with Crippen molar-refractivity contribution in [2.75, 3.05) is 0 Å². The van der Waals surface area contributed by atoms with Gasteiger partial charge in [0.05, 0.1) is 12.2 Å². The monoisotopic (exact) mass is 241 g/mol. The molecule has 4 nitrogen and oxygen atoms in total. The van der Waals surface area contributed by atoms with Crippen molar-refractivity contribution in [3.05, 3.63) is 0 Å². The Balaban J connectivity index is 1.89. The van der Waals surface area contributed by atoms with Crippen LogP contribution in [0.1, 0.15) is 52.4 Å². The predicted octanol–water partition coefficient (Wildman–Crippen LogP) is 1.36. The van der Waals surface area contributed by atoms with Gasteiger partial charge in [0, 0.05) is 6.04 Å². The Morgan fingerprint density at radius 2 is 1.76 bits per heavy atom. The third kappa shape index (κ3) is 2.99. The fraction of sp³-hybridized carbons (Fsp3) is 0.923. The summed E-state index contributed by atoms with van der Waals surface area (Å²) in [6.07, 6.45) is 5.15. The van der Waals surface area contributed by atoms with E-state index in [9.17, 15) is 9.90 Å². The van der Waals surface area contributed by atoms with Crippen LogP contribution in [0, 0.1) is 0 Å². The van der Waals surface area contributed by atoms with Crippen molar-refractivity contribution < 1.29 is 14.6 Å². The molecule has 1 heterocycles. The minimum Gasteiger partial charge on any atom is -0.380 e. The normalized spacial score (nSPS) is 36.8. The number of aliphatic hydroxyl groups is 1. The summed E-state index contributed by atoms with van der Waals surface area (Å²) < 4.78 is 5.63. The van der Waals surface area contributed by atoms with E-state index in [-0.39, 0.29) is 24.2 Å². The largest absolute Gasteiger partial charge is 0.380 e. The highest BCUT2D eigenvalue weighted by Crippen LogP contribution is 2.30. The molecule has 0 spiro atoms. The molecule has 1 aliphatic heterocycles. The second-order valence-electron chi connectivity index (χ2n) is 5.64. The summed E-state index contributed by atoms with van der Waals surface area (Å²) in [5.41, 5.74) is -1.11. The molecule has 1 aliphatic carbocycles. The fourth-order valence-corrected chi connectivity index (χ4v) is 3.03. The predicted molar refractivity (Wildman–Crippen MR) is 64.6 cm³/mol. The Hall–Kier alpha value is -0.610. The number of carbonyl (C=O) groups is 1. The topological polar surface area (TPSA) is 58.6 Å². The molecule has 0 bridgehead atoms. The second-order valence-corrected chi connectivity index (χ2v) is 5.64. The van der Waals surface area contributed by atoms with Crippen LogP contribution >= 0.6 is 0 Å². The Morgan fingerprint density at radius 1 is 1.24 bits per heavy atom.